The van der Waals surface area contributed by atoms with Crippen LogP contribution in [0, 0.1) is 5.92 Å². The number of methoxy groups -OCH3 is 1. The Kier molecular flexibility index (Phi) is 8.48. The summed E-state index contributed by atoms with van der Waals surface area (Å²) in [5.74, 6) is 0.0467. The Morgan fingerprint density at radius 1 is 1.70 bits per heavy atom. The molecule has 0 unspecified atom stereocenters. The SMILES string of the molecule is COC(=O)C[C@H](C)CN.Cl. The molecule has 0 aromatic rings. The van der Waals surface area contributed by atoms with E-state index in [0.29, 0.717) is 13.0 Å². The number of rotatable bonds is 3. The number of hydrogen-bond donors (Lipinski definition) is 1. The fourth-order valence-electron chi connectivity index (χ4n) is 0.451. The molecule has 2 N–H and O–H groups in total. The Hall–Kier alpha value is -0.280. The van der Waals surface area contributed by atoms with Gasteiger partial charge in [-0.3, -0.25) is 4.79 Å². The van der Waals surface area contributed by atoms with Gasteiger partial charge in [-0.05, 0) is 12.5 Å². The molecule has 0 bridgehead atoms. The first-order chi connectivity index (χ1) is 4.20. The van der Waals surface area contributed by atoms with E-state index in [1.807, 2.05) is 6.92 Å². The van der Waals surface area contributed by atoms with E-state index in [-0.39, 0.29) is 24.3 Å². The van der Waals surface area contributed by atoms with Crippen LogP contribution in [0.4, 0.5) is 0 Å². The number of halogens is 1. The molecule has 1 atom stereocenters. The number of carbonyl (C=O) groups excluding carboxylic acids is 1. The highest BCUT2D eigenvalue weighted by molar-refractivity contribution is 5.85. The third-order valence-electron chi connectivity index (χ3n) is 1.15. The molecule has 0 radical (unpaired) electrons. The zero-order valence-electron chi connectivity index (χ0n) is 6.29. The van der Waals surface area contributed by atoms with Gasteiger partial charge in [0, 0.05) is 6.42 Å². The lowest BCUT2D eigenvalue weighted by atomic mass is 10.1. The minimum atomic E-state index is -0.187. The second kappa shape index (κ2) is 6.83. The number of esters is 1. The molecule has 10 heavy (non-hydrogen) atoms. The number of hydrogen-bond acceptors (Lipinski definition) is 3. The van der Waals surface area contributed by atoms with E-state index < -0.39 is 0 Å². The standard InChI is InChI=1S/C6H13NO2.ClH/c1-5(4-7)3-6(8)9-2;/h5H,3-4,7H2,1-2H3;1H/t5-;/m0./s1. The second-order valence-electron chi connectivity index (χ2n) is 2.12. The Labute approximate surface area is 67.3 Å². The van der Waals surface area contributed by atoms with Crippen molar-refractivity contribution in [2.24, 2.45) is 11.7 Å². The first-order valence-electron chi connectivity index (χ1n) is 2.97. The van der Waals surface area contributed by atoms with Crippen molar-refractivity contribution in [2.45, 2.75) is 13.3 Å². The van der Waals surface area contributed by atoms with Gasteiger partial charge in [0.1, 0.15) is 0 Å². The summed E-state index contributed by atoms with van der Waals surface area (Å²) in [5.41, 5.74) is 5.27. The predicted octanol–water partition coefficient (Wildman–Crippen LogP) is 0.566. The summed E-state index contributed by atoms with van der Waals surface area (Å²) in [6.45, 7) is 2.45. The lowest BCUT2D eigenvalue weighted by molar-refractivity contribution is -0.141. The molecule has 0 aliphatic rings. The van der Waals surface area contributed by atoms with Crippen LogP contribution >= 0.6 is 12.4 Å². The monoisotopic (exact) mass is 167 g/mol. The highest BCUT2D eigenvalue weighted by Gasteiger charge is 2.05. The van der Waals surface area contributed by atoms with Gasteiger partial charge < -0.3 is 10.5 Å². The van der Waals surface area contributed by atoms with Crippen molar-refractivity contribution >= 4 is 18.4 Å². The Morgan fingerprint density at radius 3 is 2.50 bits per heavy atom. The van der Waals surface area contributed by atoms with Crippen molar-refractivity contribution < 1.29 is 9.53 Å². The maximum absolute atomic E-state index is 10.5. The zero-order valence-corrected chi connectivity index (χ0v) is 7.11. The second-order valence-corrected chi connectivity index (χ2v) is 2.12. The number of nitrogens with two attached hydrogens (primary N) is 1. The Balaban J connectivity index is 0. The molecule has 3 nitrogen and oxygen atoms in total. The van der Waals surface area contributed by atoms with Crippen LogP contribution < -0.4 is 5.73 Å². The van der Waals surface area contributed by atoms with E-state index in [1.54, 1.807) is 0 Å². The fourth-order valence-corrected chi connectivity index (χ4v) is 0.451. The van der Waals surface area contributed by atoms with E-state index in [0.717, 1.165) is 0 Å². The van der Waals surface area contributed by atoms with Crippen molar-refractivity contribution in [2.75, 3.05) is 13.7 Å². The quantitative estimate of drug-likeness (QED) is 0.626. The van der Waals surface area contributed by atoms with Gasteiger partial charge in [-0.1, -0.05) is 6.92 Å². The molecule has 0 aliphatic heterocycles. The third kappa shape index (κ3) is 5.85. The number of carbonyl (C=O) groups is 1. The highest BCUT2D eigenvalue weighted by Crippen LogP contribution is 1.98. The first-order valence-corrected chi connectivity index (χ1v) is 2.97. The summed E-state index contributed by atoms with van der Waals surface area (Å²) >= 11 is 0. The van der Waals surface area contributed by atoms with E-state index >= 15 is 0 Å². The average molecular weight is 168 g/mol. The minimum absolute atomic E-state index is 0. The molecular formula is C6H14ClNO2. The summed E-state index contributed by atoms with van der Waals surface area (Å²) in [6.07, 6.45) is 0.424. The van der Waals surface area contributed by atoms with Crippen LogP contribution in [0.2, 0.25) is 0 Å². The molecule has 62 valence electrons. The average Bonchev–Trinajstić information content (AvgIpc) is 1.87. The molecule has 0 rings (SSSR count). The molecule has 0 aliphatic carbocycles. The van der Waals surface area contributed by atoms with Crippen molar-refractivity contribution in [1.29, 1.82) is 0 Å². The van der Waals surface area contributed by atoms with Gasteiger partial charge in [-0.15, -0.1) is 12.4 Å². The van der Waals surface area contributed by atoms with Crippen molar-refractivity contribution in [3.8, 4) is 0 Å². The smallest absolute Gasteiger partial charge is 0.305 e. The fraction of sp³-hybridized carbons (Fsp3) is 0.833. The van der Waals surface area contributed by atoms with Gasteiger partial charge in [0.2, 0.25) is 0 Å². The van der Waals surface area contributed by atoms with Gasteiger partial charge in [-0.2, -0.15) is 0 Å². The minimum Gasteiger partial charge on any atom is -0.469 e. The molecule has 0 saturated heterocycles. The molecule has 0 spiro atoms. The van der Waals surface area contributed by atoms with Crippen LogP contribution in [-0.2, 0) is 9.53 Å². The van der Waals surface area contributed by atoms with E-state index in [9.17, 15) is 4.79 Å². The van der Waals surface area contributed by atoms with Gasteiger partial charge in [0.25, 0.3) is 0 Å². The molecule has 0 fully saturated rings. The zero-order chi connectivity index (χ0) is 7.28. The van der Waals surface area contributed by atoms with Gasteiger partial charge in [0.05, 0.1) is 7.11 Å². The van der Waals surface area contributed by atoms with Crippen LogP contribution in [0.25, 0.3) is 0 Å². The van der Waals surface area contributed by atoms with Crippen LogP contribution in [0.5, 0.6) is 0 Å². The molecular weight excluding hydrogens is 154 g/mol. The number of ether oxygens (including phenoxy) is 1. The molecule has 0 heterocycles. The van der Waals surface area contributed by atoms with Crippen LogP contribution in [0.3, 0.4) is 0 Å². The van der Waals surface area contributed by atoms with Crippen LogP contribution in [-0.4, -0.2) is 19.6 Å². The van der Waals surface area contributed by atoms with Crippen LogP contribution in [0.1, 0.15) is 13.3 Å². The summed E-state index contributed by atoms with van der Waals surface area (Å²) < 4.78 is 4.43. The third-order valence-corrected chi connectivity index (χ3v) is 1.15. The molecule has 0 saturated carbocycles. The van der Waals surface area contributed by atoms with Gasteiger partial charge >= 0.3 is 5.97 Å². The van der Waals surface area contributed by atoms with E-state index in [1.165, 1.54) is 7.11 Å². The highest BCUT2D eigenvalue weighted by atomic mass is 35.5. The van der Waals surface area contributed by atoms with Crippen molar-refractivity contribution in [3.05, 3.63) is 0 Å². The summed E-state index contributed by atoms with van der Waals surface area (Å²) in [5, 5.41) is 0. The van der Waals surface area contributed by atoms with Crippen molar-refractivity contribution in [3.63, 3.8) is 0 Å². The summed E-state index contributed by atoms with van der Waals surface area (Å²) in [4.78, 5) is 10.5. The largest absolute Gasteiger partial charge is 0.469 e. The van der Waals surface area contributed by atoms with E-state index in [4.69, 9.17) is 5.73 Å². The Bertz CT molecular complexity index is 97.7. The van der Waals surface area contributed by atoms with Crippen LogP contribution in [0.15, 0.2) is 0 Å². The normalized spacial score (nSPS) is 11.5. The first kappa shape index (κ1) is 12.4. The van der Waals surface area contributed by atoms with E-state index in [2.05, 4.69) is 4.74 Å². The molecule has 0 amide bonds. The summed E-state index contributed by atoms with van der Waals surface area (Å²) in [6, 6.07) is 0. The summed E-state index contributed by atoms with van der Waals surface area (Å²) in [7, 11) is 1.38. The topological polar surface area (TPSA) is 52.3 Å². The van der Waals surface area contributed by atoms with Gasteiger partial charge in [0.15, 0.2) is 0 Å². The van der Waals surface area contributed by atoms with Gasteiger partial charge in [-0.25, -0.2) is 0 Å². The van der Waals surface area contributed by atoms with Crippen molar-refractivity contribution in [1.82, 2.24) is 0 Å². The Morgan fingerprint density at radius 2 is 2.20 bits per heavy atom. The molecule has 0 aromatic heterocycles. The maximum atomic E-state index is 10.5. The lowest BCUT2D eigenvalue weighted by Crippen LogP contribution is -2.15. The molecule has 0 aromatic carbocycles. The predicted molar refractivity (Wildman–Crippen MR) is 42.1 cm³/mol. The molecule has 4 heteroatoms. The lowest BCUT2D eigenvalue weighted by Gasteiger charge is -2.04. The maximum Gasteiger partial charge on any atom is 0.305 e.